The number of allylic oxidation sites excluding steroid dienone is 1. The van der Waals surface area contributed by atoms with Gasteiger partial charge in [0.15, 0.2) is 0 Å². The van der Waals surface area contributed by atoms with Crippen LogP contribution in [-0.2, 0) is 14.3 Å². The number of carboxylic acid groups (broad SMARTS) is 1. The summed E-state index contributed by atoms with van der Waals surface area (Å²) in [7, 11) is 0. The van der Waals surface area contributed by atoms with Crippen LogP contribution in [0.4, 0.5) is 0 Å². The predicted molar refractivity (Wildman–Crippen MR) is 126 cm³/mol. The average molecular weight is 425 g/mol. The first kappa shape index (κ1) is 28.7. The van der Waals surface area contributed by atoms with E-state index in [9.17, 15) is 9.59 Å². The van der Waals surface area contributed by atoms with Crippen LogP contribution in [0, 0.1) is 0 Å². The summed E-state index contributed by atoms with van der Waals surface area (Å²) in [6.45, 7) is 4.43. The Morgan fingerprint density at radius 1 is 0.733 bits per heavy atom. The Balaban J connectivity index is 4.17. The van der Waals surface area contributed by atoms with E-state index in [1.165, 1.54) is 57.8 Å². The van der Waals surface area contributed by atoms with Gasteiger partial charge in [-0.3, -0.25) is 9.59 Å². The van der Waals surface area contributed by atoms with Crippen LogP contribution in [0.15, 0.2) is 12.2 Å². The molecule has 176 valence electrons. The molecule has 0 saturated heterocycles. The lowest BCUT2D eigenvalue weighted by Crippen LogP contribution is -2.16. The van der Waals surface area contributed by atoms with Crippen molar-refractivity contribution in [1.82, 2.24) is 0 Å². The number of hydrogen-bond donors (Lipinski definition) is 1. The van der Waals surface area contributed by atoms with Crippen molar-refractivity contribution in [2.75, 3.05) is 0 Å². The van der Waals surface area contributed by atoms with Crippen LogP contribution < -0.4 is 0 Å². The van der Waals surface area contributed by atoms with Gasteiger partial charge in [0.1, 0.15) is 6.10 Å². The van der Waals surface area contributed by atoms with Crippen LogP contribution in [0.5, 0.6) is 0 Å². The molecule has 0 aromatic heterocycles. The van der Waals surface area contributed by atoms with Crippen molar-refractivity contribution in [1.29, 1.82) is 0 Å². The zero-order valence-corrected chi connectivity index (χ0v) is 19.8. The zero-order valence-electron chi connectivity index (χ0n) is 19.8. The van der Waals surface area contributed by atoms with Gasteiger partial charge in [0.2, 0.25) is 0 Å². The van der Waals surface area contributed by atoms with Crippen molar-refractivity contribution >= 4 is 11.9 Å². The Morgan fingerprint density at radius 2 is 1.27 bits per heavy atom. The van der Waals surface area contributed by atoms with E-state index in [4.69, 9.17) is 9.84 Å². The van der Waals surface area contributed by atoms with Crippen LogP contribution in [0.3, 0.4) is 0 Å². The van der Waals surface area contributed by atoms with Gasteiger partial charge in [-0.2, -0.15) is 0 Å². The molecular weight excluding hydrogens is 376 g/mol. The van der Waals surface area contributed by atoms with Gasteiger partial charge in [-0.1, -0.05) is 90.6 Å². The number of carbonyl (C=O) groups is 2. The minimum absolute atomic E-state index is 0.0772. The highest BCUT2D eigenvalue weighted by Crippen LogP contribution is 2.14. The van der Waals surface area contributed by atoms with E-state index < -0.39 is 5.97 Å². The Morgan fingerprint density at radius 3 is 1.90 bits per heavy atom. The van der Waals surface area contributed by atoms with Crippen LogP contribution in [0.2, 0.25) is 0 Å². The highest BCUT2D eigenvalue weighted by molar-refractivity contribution is 5.69. The van der Waals surface area contributed by atoms with Crippen LogP contribution in [0.1, 0.15) is 136 Å². The standard InChI is InChI=1S/C26H48O4/c1-3-5-7-9-10-11-13-16-20-24(21-17-14-15-18-22-25(27)28)30-26(29)23-19-12-8-6-4-2/h16,20,24H,3-15,17-19,21-23H2,1-2H3,(H,27,28)/b20-16-. The molecule has 30 heavy (non-hydrogen) atoms. The van der Waals surface area contributed by atoms with Crippen LogP contribution >= 0.6 is 0 Å². The van der Waals surface area contributed by atoms with Crippen molar-refractivity contribution in [2.45, 2.75) is 142 Å². The fourth-order valence-corrected chi connectivity index (χ4v) is 3.56. The first-order chi connectivity index (χ1) is 14.6. The fourth-order valence-electron chi connectivity index (χ4n) is 3.56. The number of esters is 1. The lowest BCUT2D eigenvalue weighted by atomic mass is 10.1. The summed E-state index contributed by atoms with van der Waals surface area (Å²) in [6.07, 6.45) is 23.8. The van der Waals surface area contributed by atoms with Gasteiger partial charge in [-0.05, 0) is 44.6 Å². The van der Waals surface area contributed by atoms with Gasteiger partial charge in [0.25, 0.3) is 0 Å². The normalized spacial score (nSPS) is 12.3. The van der Waals surface area contributed by atoms with E-state index in [2.05, 4.69) is 26.0 Å². The average Bonchev–Trinajstić information content (AvgIpc) is 2.71. The number of aliphatic carboxylic acids is 1. The van der Waals surface area contributed by atoms with E-state index in [0.29, 0.717) is 6.42 Å². The molecule has 1 atom stereocenters. The smallest absolute Gasteiger partial charge is 0.306 e. The van der Waals surface area contributed by atoms with Crippen molar-refractivity contribution in [2.24, 2.45) is 0 Å². The molecule has 0 aliphatic carbocycles. The molecule has 0 aromatic carbocycles. The molecule has 0 bridgehead atoms. The lowest BCUT2D eigenvalue weighted by Gasteiger charge is -2.15. The molecular formula is C26H48O4. The third kappa shape index (κ3) is 21.4. The highest BCUT2D eigenvalue weighted by Gasteiger charge is 2.11. The van der Waals surface area contributed by atoms with Gasteiger partial charge in [0.05, 0.1) is 0 Å². The van der Waals surface area contributed by atoms with Gasteiger partial charge in [-0.15, -0.1) is 0 Å². The van der Waals surface area contributed by atoms with Gasteiger partial charge in [0, 0.05) is 12.8 Å². The van der Waals surface area contributed by atoms with Crippen LogP contribution in [0.25, 0.3) is 0 Å². The Hall–Kier alpha value is -1.32. The molecule has 0 saturated carbocycles. The maximum atomic E-state index is 12.2. The topological polar surface area (TPSA) is 63.6 Å². The predicted octanol–water partition coefficient (Wildman–Crippen LogP) is 7.99. The molecule has 0 radical (unpaired) electrons. The van der Waals surface area contributed by atoms with Crippen molar-refractivity contribution < 1.29 is 19.4 Å². The zero-order chi connectivity index (χ0) is 22.3. The fraction of sp³-hybridized carbons (Fsp3) is 0.846. The van der Waals surface area contributed by atoms with E-state index >= 15 is 0 Å². The van der Waals surface area contributed by atoms with Crippen molar-refractivity contribution in [3.63, 3.8) is 0 Å². The minimum Gasteiger partial charge on any atom is -0.481 e. The van der Waals surface area contributed by atoms with Gasteiger partial charge < -0.3 is 9.84 Å². The van der Waals surface area contributed by atoms with Gasteiger partial charge in [-0.25, -0.2) is 0 Å². The second-order valence-electron chi connectivity index (χ2n) is 8.52. The first-order valence-corrected chi connectivity index (χ1v) is 12.7. The Labute approximate surface area is 185 Å². The maximum Gasteiger partial charge on any atom is 0.306 e. The Kier molecular flexibility index (Phi) is 21.4. The number of unbranched alkanes of at least 4 members (excludes halogenated alkanes) is 13. The summed E-state index contributed by atoms with van der Waals surface area (Å²) in [6, 6.07) is 0. The molecule has 0 rings (SSSR count). The molecule has 0 aliphatic rings. The highest BCUT2D eigenvalue weighted by atomic mass is 16.5. The molecule has 0 spiro atoms. The number of ether oxygens (including phenoxy) is 1. The third-order valence-electron chi connectivity index (χ3n) is 5.47. The summed E-state index contributed by atoms with van der Waals surface area (Å²) in [5.74, 6) is -0.801. The van der Waals surface area contributed by atoms with Crippen LogP contribution in [-0.4, -0.2) is 23.1 Å². The third-order valence-corrected chi connectivity index (χ3v) is 5.47. The van der Waals surface area contributed by atoms with Gasteiger partial charge >= 0.3 is 11.9 Å². The SMILES string of the molecule is CCCCCCCC/C=C\C(CCCCCCC(=O)O)OC(=O)CCCCCCC. The quantitative estimate of drug-likeness (QED) is 0.109. The summed E-state index contributed by atoms with van der Waals surface area (Å²) < 4.78 is 5.74. The molecule has 0 aromatic rings. The molecule has 0 heterocycles. The summed E-state index contributed by atoms with van der Waals surface area (Å²) in [5, 5.41) is 8.71. The summed E-state index contributed by atoms with van der Waals surface area (Å²) >= 11 is 0. The second-order valence-corrected chi connectivity index (χ2v) is 8.52. The Bertz CT molecular complexity index is 431. The largest absolute Gasteiger partial charge is 0.481 e. The summed E-state index contributed by atoms with van der Waals surface area (Å²) in [5.41, 5.74) is 0. The molecule has 4 nitrogen and oxygen atoms in total. The van der Waals surface area contributed by atoms with E-state index in [-0.39, 0.29) is 18.5 Å². The number of rotatable bonds is 22. The maximum absolute atomic E-state index is 12.2. The van der Waals surface area contributed by atoms with E-state index in [1.54, 1.807) is 0 Å². The first-order valence-electron chi connectivity index (χ1n) is 12.7. The monoisotopic (exact) mass is 424 g/mol. The number of carboxylic acids is 1. The second kappa shape index (κ2) is 22.4. The van der Waals surface area contributed by atoms with Crippen molar-refractivity contribution in [3.8, 4) is 0 Å². The number of hydrogen-bond acceptors (Lipinski definition) is 3. The van der Waals surface area contributed by atoms with E-state index in [0.717, 1.165) is 51.4 Å². The molecule has 0 amide bonds. The number of carbonyl (C=O) groups excluding carboxylic acids is 1. The molecule has 4 heteroatoms. The molecule has 1 N–H and O–H groups in total. The van der Waals surface area contributed by atoms with E-state index in [1.807, 2.05) is 0 Å². The molecule has 1 unspecified atom stereocenters. The lowest BCUT2D eigenvalue weighted by molar-refractivity contribution is -0.147. The molecule has 0 fully saturated rings. The minimum atomic E-state index is -0.724. The molecule has 0 aliphatic heterocycles. The summed E-state index contributed by atoms with van der Waals surface area (Å²) in [4.78, 5) is 22.8. The van der Waals surface area contributed by atoms with Crippen molar-refractivity contribution in [3.05, 3.63) is 12.2 Å².